The van der Waals surface area contributed by atoms with Gasteiger partial charge in [0.25, 0.3) is 0 Å². The van der Waals surface area contributed by atoms with E-state index in [-0.39, 0.29) is 0 Å². The van der Waals surface area contributed by atoms with Gasteiger partial charge in [-0.25, -0.2) is 0 Å². The van der Waals surface area contributed by atoms with Gasteiger partial charge in [-0.3, -0.25) is 4.98 Å². The van der Waals surface area contributed by atoms with Gasteiger partial charge >= 0.3 is 0 Å². The van der Waals surface area contributed by atoms with E-state index in [2.05, 4.69) is 30.2 Å². The van der Waals surface area contributed by atoms with Crippen molar-refractivity contribution in [1.29, 1.82) is 0 Å². The van der Waals surface area contributed by atoms with E-state index in [1.807, 2.05) is 13.1 Å². The monoisotopic (exact) mass is 276 g/mol. The third-order valence-electron chi connectivity index (χ3n) is 4.28. The van der Waals surface area contributed by atoms with Crippen molar-refractivity contribution in [3.8, 4) is 5.75 Å². The summed E-state index contributed by atoms with van der Waals surface area (Å²) in [5.41, 5.74) is 1.27. The first kappa shape index (κ1) is 15.3. The van der Waals surface area contributed by atoms with E-state index < -0.39 is 0 Å². The molecular weight excluding hydrogens is 248 g/mol. The van der Waals surface area contributed by atoms with Gasteiger partial charge < -0.3 is 10.1 Å². The van der Waals surface area contributed by atoms with Crippen LogP contribution >= 0.6 is 0 Å². The van der Waals surface area contributed by atoms with Crippen LogP contribution in [-0.2, 0) is 0 Å². The van der Waals surface area contributed by atoms with Gasteiger partial charge in [0.05, 0.1) is 12.8 Å². The van der Waals surface area contributed by atoms with Crippen LogP contribution in [0.1, 0.15) is 58.1 Å². The van der Waals surface area contributed by atoms with Gasteiger partial charge in [0.2, 0.25) is 0 Å². The zero-order chi connectivity index (χ0) is 14.4. The standard InChI is InChI=1S/C17H28N2O/c1-4-19-17(14-8-6-7-13(3)9-14)15-10-16(20-5-2)12-18-11-15/h10-14,17,19H,4-9H2,1-3H3. The fourth-order valence-corrected chi connectivity index (χ4v) is 3.41. The van der Waals surface area contributed by atoms with Crippen LogP contribution in [0.3, 0.4) is 0 Å². The fourth-order valence-electron chi connectivity index (χ4n) is 3.41. The van der Waals surface area contributed by atoms with E-state index >= 15 is 0 Å². The van der Waals surface area contributed by atoms with Crippen LogP contribution < -0.4 is 10.1 Å². The van der Waals surface area contributed by atoms with E-state index in [0.29, 0.717) is 12.6 Å². The number of ether oxygens (including phenoxy) is 1. The van der Waals surface area contributed by atoms with E-state index in [9.17, 15) is 0 Å². The maximum Gasteiger partial charge on any atom is 0.137 e. The Hall–Kier alpha value is -1.09. The van der Waals surface area contributed by atoms with E-state index in [0.717, 1.165) is 24.1 Å². The summed E-state index contributed by atoms with van der Waals surface area (Å²) in [4.78, 5) is 4.36. The first-order chi connectivity index (χ1) is 9.74. The molecule has 1 fully saturated rings. The van der Waals surface area contributed by atoms with Crippen LogP contribution in [-0.4, -0.2) is 18.1 Å². The van der Waals surface area contributed by atoms with E-state index in [1.165, 1.54) is 31.2 Å². The highest BCUT2D eigenvalue weighted by atomic mass is 16.5. The lowest BCUT2D eigenvalue weighted by molar-refractivity contribution is 0.224. The zero-order valence-electron chi connectivity index (χ0n) is 13.1. The van der Waals surface area contributed by atoms with Crippen molar-refractivity contribution in [2.75, 3.05) is 13.2 Å². The maximum atomic E-state index is 5.59. The third-order valence-corrected chi connectivity index (χ3v) is 4.28. The molecule has 0 radical (unpaired) electrons. The van der Waals surface area contributed by atoms with Crippen LogP contribution in [0.5, 0.6) is 5.75 Å². The highest BCUT2D eigenvalue weighted by Crippen LogP contribution is 2.37. The number of pyridine rings is 1. The Morgan fingerprint density at radius 2 is 2.20 bits per heavy atom. The molecule has 0 spiro atoms. The topological polar surface area (TPSA) is 34.2 Å². The summed E-state index contributed by atoms with van der Waals surface area (Å²) in [6.07, 6.45) is 9.17. The zero-order valence-corrected chi connectivity index (χ0v) is 13.1. The van der Waals surface area contributed by atoms with Crippen molar-refractivity contribution in [1.82, 2.24) is 10.3 Å². The number of hydrogen-bond acceptors (Lipinski definition) is 3. The molecule has 1 aliphatic rings. The molecule has 3 nitrogen and oxygen atoms in total. The quantitative estimate of drug-likeness (QED) is 0.854. The van der Waals surface area contributed by atoms with Crippen molar-refractivity contribution in [3.05, 3.63) is 24.0 Å². The lowest BCUT2D eigenvalue weighted by Crippen LogP contribution is -2.31. The molecule has 0 amide bonds. The SMILES string of the molecule is CCNC(c1cncc(OCC)c1)C1CCCC(C)C1. The van der Waals surface area contributed by atoms with E-state index in [4.69, 9.17) is 4.74 Å². The van der Waals surface area contributed by atoms with Crippen LogP contribution in [0.2, 0.25) is 0 Å². The Balaban J connectivity index is 2.16. The summed E-state index contributed by atoms with van der Waals surface area (Å²) in [5.74, 6) is 2.45. The first-order valence-electron chi connectivity index (χ1n) is 8.05. The van der Waals surface area contributed by atoms with Crippen molar-refractivity contribution in [3.63, 3.8) is 0 Å². The average Bonchev–Trinajstić information content (AvgIpc) is 2.45. The molecule has 3 heteroatoms. The first-order valence-corrected chi connectivity index (χ1v) is 8.05. The fraction of sp³-hybridized carbons (Fsp3) is 0.706. The Bertz CT molecular complexity index is 408. The normalized spacial score (nSPS) is 24.4. The molecule has 3 unspecified atom stereocenters. The predicted octanol–water partition coefficient (Wildman–Crippen LogP) is 3.96. The molecule has 0 aromatic carbocycles. The molecule has 0 saturated heterocycles. The number of rotatable bonds is 6. The lowest BCUT2D eigenvalue weighted by atomic mass is 9.77. The second-order valence-electron chi connectivity index (χ2n) is 5.95. The summed E-state index contributed by atoms with van der Waals surface area (Å²) in [6.45, 7) is 8.26. The second kappa shape index (κ2) is 7.63. The van der Waals surface area contributed by atoms with E-state index in [1.54, 1.807) is 6.20 Å². The summed E-state index contributed by atoms with van der Waals surface area (Å²) < 4.78 is 5.59. The molecule has 2 rings (SSSR count). The molecule has 0 aliphatic heterocycles. The smallest absolute Gasteiger partial charge is 0.137 e. The largest absolute Gasteiger partial charge is 0.492 e. The van der Waals surface area contributed by atoms with Gasteiger partial charge in [0.1, 0.15) is 5.75 Å². The van der Waals surface area contributed by atoms with Gasteiger partial charge in [-0.05, 0) is 49.8 Å². The number of nitrogens with zero attached hydrogens (tertiary/aromatic N) is 1. The molecule has 112 valence electrons. The second-order valence-corrected chi connectivity index (χ2v) is 5.95. The molecule has 1 aliphatic carbocycles. The minimum Gasteiger partial charge on any atom is -0.492 e. The van der Waals surface area contributed by atoms with Crippen LogP contribution in [0, 0.1) is 11.8 Å². The summed E-state index contributed by atoms with van der Waals surface area (Å²) >= 11 is 0. The summed E-state index contributed by atoms with van der Waals surface area (Å²) in [5, 5.41) is 3.66. The number of nitrogens with one attached hydrogen (secondary N) is 1. The number of aromatic nitrogens is 1. The highest BCUT2D eigenvalue weighted by molar-refractivity contribution is 5.26. The number of hydrogen-bond donors (Lipinski definition) is 1. The van der Waals surface area contributed by atoms with Crippen molar-refractivity contribution < 1.29 is 4.74 Å². The lowest BCUT2D eigenvalue weighted by Gasteiger charge is -2.34. The average molecular weight is 276 g/mol. The Morgan fingerprint density at radius 1 is 1.35 bits per heavy atom. The van der Waals surface area contributed by atoms with Gasteiger partial charge in [0, 0.05) is 12.2 Å². The van der Waals surface area contributed by atoms with Crippen molar-refractivity contribution >= 4 is 0 Å². The predicted molar refractivity (Wildman–Crippen MR) is 82.9 cm³/mol. The third kappa shape index (κ3) is 3.95. The Labute approximate surface area is 123 Å². The molecule has 1 aromatic rings. The Morgan fingerprint density at radius 3 is 2.90 bits per heavy atom. The minimum atomic E-state index is 0.413. The highest BCUT2D eigenvalue weighted by Gasteiger charge is 2.27. The van der Waals surface area contributed by atoms with Gasteiger partial charge in [-0.1, -0.05) is 26.7 Å². The molecule has 1 N–H and O–H groups in total. The molecule has 20 heavy (non-hydrogen) atoms. The van der Waals surface area contributed by atoms with Crippen LogP contribution in [0.4, 0.5) is 0 Å². The molecule has 1 aromatic heterocycles. The van der Waals surface area contributed by atoms with Gasteiger partial charge in [0.15, 0.2) is 0 Å². The summed E-state index contributed by atoms with van der Waals surface area (Å²) in [6, 6.07) is 2.57. The van der Waals surface area contributed by atoms with Crippen LogP contribution in [0.25, 0.3) is 0 Å². The summed E-state index contributed by atoms with van der Waals surface area (Å²) in [7, 11) is 0. The molecule has 1 heterocycles. The van der Waals surface area contributed by atoms with Crippen molar-refractivity contribution in [2.45, 2.75) is 52.5 Å². The van der Waals surface area contributed by atoms with Gasteiger partial charge in [-0.15, -0.1) is 0 Å². The molecular formula is C17H28N2O. The molecule has 3 atom stereocenters. The minimum absolute atomic E-state index is 0.413. The molecule has 1 saturated carbocycles. The van der Waals surface area contributed by atoms with Crippen molar-refractivity contribution in [2.24, 2.45) is 11.8 Å². The van der Waals surface area contributed by atoms with Gasteiger partial charge in [-0.2, -0.15) is 0 Å². The molecule has 0 bridgehead atoms. The van der Waals surface area contributed by atoms with Crippen LogP contribution in [0.15, 0.2) is 18.5 Å². The maximum absolute atomic E-state index is 5.59. The Kier molecular flexibility index (Phi) is 5.84.